The van der Waals surface area contributed by atoms with Crippen LogP contribution in [0.2, 0.25) is 0 Å². The molecule has 0 bridgehead atoms. The molecule has 0 aromatic heterocycles. The molecule has 0 amide bonds. The SMILES string of the molecule is CCCNC(CSC)C1=CCCCCC1. The quantitative estimate of drug-likeness (QED) is 0.696. The van der Waals surface area contributed by atoms with Gasteiger partial charge in [0.2, 0.25) is 0 Å². The van der Waals surface area contributed by atoms with Gasteiger partial charge in [0, 0.05) is 11.8 Å². The minimum Gasteiger partial charge on any atom is -0.310 e. The van der Waals surface area contributed by atoms with Gasteiger partial charge < -0.3 is 5.32 Å². The van der Waals surface area contributed by atoms with E-state index in [0.29, 0.717) is 6.04 Å². The van der Waals surface area contributed by atoms with Crippen LogP contribution in [-0.4, -0.2) is 24.6 Å². The molecule has 0 aromatic rings. The lowest BCUT2D eigenvalue weighted by Crippen LogP contribution is -2.33. The van der Waals surface area contributed by atoms with E-state index in [9.17, 15) is 0 Å². The largest absolute Gasteiger partial charge is 0.310 e. The van der Waals surface area contributed by atoms with Gasteiger partial charge in [-0.05, 0) is 44.9 Å². The van der Waals surface area contributed by atoms with Crippen LogP contribution < -0.4 is 5.32 Å². The normalized spacial score (nSPS) is 19.5. The molecular formula is C13H25NS. The molecule has 1 nitrogen and oxygen atoms in total. The first kappa shape index (κ1) is 13.1. The third-order valence-electron chi connectivity index (χ3n) is 3.00. The van der Waals surface area contributed by atoms with Gasteiger partial charge in [-0.15, -0.1) is 0 Å². The highest BCUT2D eigenvalue weighted by molar-refractivity contribution is 7.98. The van der Waals surface area contributed by atoms with E-state index in [2.05, 4.69) is 24.6 Å². The van der Waals surface area contributed by atoms with Gasteiger partial charge in [-0.1, -0.05) is 25.0 Å². The molecule has 1 aliphatic rings. The average Bonchev–Trinajstić information content (AvgIpc) is 2.52. The zero-order valence-corrected chi connectivity index (χ0v) is 11.0. The van der Waals surface area contributed by atoms with E-state index in [1.165, 1.54) is 44.3 Å². The van der Waals surface area contributed by atoms with E-state index in [0.717, 1.165) is 6.54 Å². The maximum absolute atomic E-state index is 3.68. The Morgan fingerprint density at radius 2 is 2.27 bits per heavy atom. The number of allylic oxidation sites excluding steroid dienone is 1. The maximum Gasteiger partial charge on any atom is 0.0370 e. The Labute approximate surface area is 99.1 Å². The molecule has 0 aromatic carbocycles. The van der Waals surface area contributed by atoms with Crippen molar-refractivity contribution in [2.75, 3.05) is 18.6 Å². The topological polar surface area (TPSA) is 12.0 Å². The van der Waals surface area contributed by atoms with Gasteiger partial charge in [0.15, 0.2) is 0 Å². The fraction of sp³-hybridized carbons (Fsp3) is 0.846. The lowest BCUT2D eigenvalue weighted by molar-refractivity contribution is 0.584. The van der Waals surface area contributed by atoms with Crippen molar-refractivity contribution >= 4 is 11.8 Å². The molecule has 0 saturated heterocycles. The van der Waals surface area contributed by atoms with Crippen LogP contribution in [0.1, 0.15) is 45.4 Å². The van der Waals surface area contributed by atoms with Crippen molar-refractivity contribution in [1.29, 1.82) is 0 Å². The van der Waals surface area contributed by atoms with Gasteiger partial charge in [0.1, 0.15) is 0 Å². The van der Waals surface area contributed by atoms with E-state index in [1.54, 1.807) is 5.57 Å². The fourth-order valence-electron chi connectivity index (χ4n) is 2.14. The molecular weight excluding hydrogens is 202 g/mol. The van der Waals surface area contributed by atoms with E-state index in [-0.39, 0.29) is 0 Å². The summed E-state index contributed by atoms with van der Waals surface area (Å²) in [5.74, 6) is 1.23. The first-order valence-electron chi connectivity index (χ1n) is 6.29. The average molecular weight is 227 g/mol. The van der Waals surface area contributed by atoms with E-state index in [4.69, 9.17) is 0 Å². The highest BCUT2D eigenvalue weighted by Gasteiger charge is 2.13. The maximum atomic E-state index is 3.68. The Bertz CT molecular complexity index is 189. The molecule has 0 radical (unpaired) electrons. The van der Waals surface area contributed by atoms with Crippen LogP contribution in [0.15, 0.2) is 11.6 Å². The molecule has 1 unspecified atom stereocenters. The van der Waals surface area contributed by atoms with Gasteiger partial charge in [0.05, 0.1) is 0 Å². The summed E-state index contributed by atoms with van der Waals surface area (Å²) < 4.78 is 0. The van der Waals surface area contributed by atoms with Crippen molar-refractivity contribution in [2.24, 2.45) is 0 Å². The van der Waals surface area contributed by atoms with Gasteiger partial charge in [0.25, 0.3) is 0 Å². The summed E-state index contributed by atoms with van der Waals surface area (Å²) in [6.45, 7) is 3.40. The number of hydrogen-bond acceptors (Lipinski definition) is 2. The third-order valence-corrected chi connectivity index (χ3v) is 3.66. The van der Waals surface area contributed by atoms with E-state index in [1.807, 2.05) is 11.8 Å². The Balaban J connectivity index is 2.47. The number of nitrogens with one attached hydrogen (secondary N) is 1. The molecule has 0 fully saturated rings. The molecule has 0 heterocycles. The summed E-state index contributed by atoms with van der Waals surface area (Å²) in [6.07, 6.45) is 12.8. The summed E-state index contributed by atoms with van der Waals surface area (Å²) in [6, 6.07) is 0.637. The predicted molar refractivity (Wildman–Crippen MR) is 71.6 cm³/mol. The summed E-state index contributed by atoms with van der Waals surface area (Å²) in [4.78, 5) is 0. The monoisotopic (exact) mass is 227 g/mol. The standard InChI is InChI=1S/C13H25NS/c1-3-10-14-13(11-15-2)12-8-6-4-5-7-9-12/h8,13-14H,3-7,9-11H2,1-2H3. The summed E-state index contributed by atoms with van der Waals surface area (Å²) >= 11 is 1.96. The van der Waals surface area contributed by atoms with E-state index < -0.39 is 0 Å². The highest BCUT2D eigenvalue weighted by atomic mass is 32.2. The molecule has 88 valence electrons. The van der Waals surface area contributed by atoms with Crippen LogP contribution in [0.3, 0.4) is 0 Å². The van der Waals surface area contributed by atoms with Crippen molar-refractivity contribution in [3.63, 3.8) is 0 Å². The zero-order chi connectivity index (χ0) is 10.9. The summed E-state index contributed by atoms with van der Waals surface area (Å²) in [5, 5.41) is 3.68. The van der Waals surface area contributed by atoms with Crippen molar-refractivity contribution in [1.82, 2.24) is 5.32 Å². The van der Waals surface area contributed by atoms with Gasteiger partial charge in [-0.2, -0.15) is 11.8 Å². The minimum atomic E-state index is 0.637. The van der Waals surface area contributed by atoms with E-state index >= 15 is 0 Å². The van der Waals surface area contributed by atoms with Crippen molar-refractivity contribution in [3.8, 4) is 0 Å². The lowest BCUT2D eigenvalue weighted by Gasteiger charge is -2.20. The Hall–Kier alpha value is 0.0500. The second-order valence-corrected chi connectivity index (χ2v) is 5.25. The molecule has 0 aliphatic heterocycles. The van der Waals surface area contributed by atoms with Crippen molar-refractivity contribution in [3.05, 3.63) is 11.6 Å². The minimum absolute atomic E-state index is 0.637. The van der Waals surface area contributed by atoms with Crippen molar-refractivity contribution < 1.29 is 0 Å². The number of hydrogen-bond donors (Lipinski definition) is 1. The van der Waals surface area contributed by atoms with Crippen LogP contribution in [0.4, 0.5) is 0 Å². The molecule has 0 spiro atoms. The lowest BCUT2D eigenvalue weighted by atomic mass is 10.0. The predicted octanol–water partition coefficient (Wildman–Crippen LogP) is 3.61. The van der Waals surface area contributed by atoms with Crippen LogP contribution in [0.25, 0.3) is 0 Å². The second-order valence-electron chi connectivity index (χ2n) is 4.34. The van der Waals surface area contributed by atoms with Crippen LogP contribution in [-0.2, 0) is 0 Å². The molecule has 1 rings (SSSR count). The smallest absolute Gasteiger partial charge is 0.0370 e. The van der Waals surface area contributed by atoms with Crippen molar-refractivity contribution in [2.45, 2.75) is 51.5 Å². The van der Waals surface area contributed by atoms with Gasteiger partial charge in [-0.25, -0.2) is 0 Å². The van der Waals surface area contributed by atoms with Crippen LogP contribution in [0.5, 0.6) is 0 Å². The van der Waals surface area contributed by atoms with Crippen LogP contribution >= 0.6 is 11.8 Å². The van der Waals surface area contributed by atoms with Gasteiger partial charge in [-0.3, -0.25) is 0 Å². The Morgan fingerprint density at radius 3 is 3.00 bits per heavy atom. The number of thioether (sulfide) groups is 1. The molecule has 1 N–H and O–H groups in total. The number of rotatable bonds is 6. The molecule has 1 aliphatic carbocycles. The van der Waals surface area contributed by atoms with Gasteiger partial charge >= 0.3 is 0 Å². The highest BCUT2D eigenvalue weighted by Crippen LogP contribution is 2.21. The van der Waals surface area contributed by atoms with Crippen LogP contribution in [0, 0.1) is 0 Å². The molecule has 15 heavy (non-hydrogen) atoms. The fourth-order valence-corrected chi connectivity index (χ4v) is 2.80. The Kier molecular flexibility index (Phi) is 7.20. The third kappa shape index (κ3) is 5.07. The summed E-state index contributed by atoms with van der Waals surface area (Å²) in [7, 11) is 0. The zero-order valence-electron chi connectivity index (χ0n) is 10.2. The first-order valence-corrected chi connectivity index (χ1v) is 7.69. The summed E-state index contributed by atoms with van der Waals surface area (Å²) in [5.41, 5.74) is 1.68. The second kappa shape index (κ2) is 8.23. The Morgan fingerprint density at radius 1 is 1.40 bits per heavy atom. The molecule has 2 heteroatoms. The first-order chi connectivity index (χ1) is 7.38. The molecule has 0 saturated carbocycles. The molecule has 1 atom stereocenters.